The summed E-state index contributed by atoms with van der Waals surface area (Å²) in [6, 6.07) is 0. The van der Waals surface area contributed by atoms with Crippen LogP contribution in [0, 0.1) is 0 Å². The minimum atomic E-state index is -0.550. The van der Waals surface area contributed by atoms with Crippen LogP contribution in [0.1, 0.15) is 55.4 Å². The van der Waals surface area contributed by atoms with E-state index >= 15 is 0 Å². The molecule has 4 nitrogen and oxygen atoms in total. The van der Waals surface area contributed by atoms with E-state index < -0.39 is 11.2 Å². The van der Waals surface area contributed by atoms with Gasteiger partial charge in [-0.3, -0.25) is 0 Å². The summed E-state index contributed by atoms with van der Waals surface area (Å²) in [5.74, 6) is 0. The van der Waals surface area contributed by atoms with Crippen LogP contribution in [0.15, 0.2) is 0 Å². The maximum Gasteiger partial charge on any atom is 0.0718 e. The van der Waals surface area contributed by atoms with Crippen LogP contribution < -0.4 is 0 Å². The smallest absolute Gasteiger partial charge is 0.0718 e. The van der Waals surface area contributed by atoms with Crippen LogP contribution in [0.5, 0.6) is 0 Å². The number of nitrogens with zero attached hydrogens (tertiary/aromatic N) is 2. The molecule has 0 aliphatic carbocycles. The van der Waals surface area contributed by atoms with Gasteiger partial charge in [0, 0.05) is 29.6 Å². The van der Waals surface area contributed by atoms with Gasteiger partial charge in [-0.2, -0.15) is 0 Å². The molecule has 0 aromatic carbocycles. The first-order valence-corrected chi connectivity index (χ1v) is 7.88. The number of likely N-dealkylation sites (N-methyl/N-ethyl adjacent to an activating group) is 2. The van der Waals surface area contributed by atoms with Gasteiger partial charge in [-0.15, -0.1) is 0 Å². The van der Waals surface area contributed by atoms with Crippen LogP contribution in [0.2, 0.25) is 0 Å². The molecule has 0 spiro atoms. The molecule has 5 heteroatoms. The van der Waals surface area contributed by atoms with E-state index in [1.54, 1.807) is 0 Å². The van der Waals surface area contributed by atoms with Gasteiger partial charge in [0.1, 0.15) is 0 Å². The van der Waals surface area contributed by atoms with Gasteiger partial charge in [-0.05, 0) is 53.9 Å². The summed E-state index contributed by atoms with van der Waals surface area (Å²) in [5, 5.41) is 18.8. The molecule has 134 valence electrons. The quantitative estimate of drug-likeness (QED) is 0.660. The topological polar surface area (TPSA) is 46.9 Å². The Morgan fingerprint density at radius 2 is 0.810 bits per heavy atom. The van der Waals surface area contributed by atoms with E-state index in [1.165, 1.54) is 0 Å². The second kappa shape index (κ2) is 12.8. The van der Waals surface area contributed by atoms with Gasteiger partial charge in [0.2, 0.25) is 0 Å². The minimum Gasteiger partial charge on any atom is -0.389 e. The number of rotatable bonds is 8. The Morgan fingerprint density at radius 1 is 0.619 bits per heavy atom. The Kier molecular flexibility index (Phi) is 16.0. The van der Waals surface area contributed by atoms with Gasteiger partial charge in [0.15, 0.2) is 0 Å². The fraction of sp³-hybridized carbons (Fsp3) is 1.00. The first-order valence-electron chi connectivity index (χ1n) is 7.88. The fourth-order valence-corrected chi connectivity index (χ4v) is 1.99. The molecule has 0 heterocycles. The monoisotopic (exact) mass is 348 g/mol. The molecule has 0 fully saturated rings. The maximum absolute atomic E-state index is 9.41. The van der Waals surface area contributed by atoms with Crippen LogP contribution in [0.3, 0.4) is 0 Å². The zero-order chi connectivity index (χ0) is 16.4. The first kappa shape index (κ1) is 26.2. The molecule has 0 radical (unpaired) electrons. The molecular weight excluding hydrogens is 311 g/mol. The Bertz CT molecular complexity index is 193. The second-order valence-electron chi connectivity index (χ2n) is 6.55. The van der Waals surface area contributed by atoms with Crippen molar-refractivity contribution >= 4 is 0 Å². The van der Waals surface area contributed by atoms with Crippen molar-refractivity contribution in [3.05, 3.63) is 0 Å². The standard InChI is InChI=1S/2C8H19NO.Ni/c2*1-5-9(6-2)7-8(3,4)10;/h2*10H,5-7H2,1-4H3;. The summed E-state index contributed by atoms with van der Waals surface area (Å²) in [6.07, 6.45) is 0. The zero-order valence-corrected chi connectivity index (χ0v) is 16.3. The van der Waals surface area contributed by atoms with E-state index in [-0.39, 0.29) is 16.5 Å². The molecule has 0 aromatic heterocycles. The Balaban J connectivity index is -0.000000295. The Morgan fingerprint density at radius 3 is 0.857 bits per heavy atom. The van der Waals surface area contributed by atoms with Crippen molar-refractivity contribution in [1.29, 1.82) is 0 Å². The van der Waals surface area contributed by atoms with E-state index in [9.17, 15) is 10.2 Å². The van der Waals surface area contributed by atoms with Gasteiger partial charge < -0.3 is 20.0 Å². The van der Waals surface area contributed by atoms with Crippen molar-refractivity contribution < 1.29 is 26.7 Å². The van der Waals surface area contributed by atoms with E-state index in [0.717, 1.165) is 39.3 Å². The molecule has 2 N–H and O–H groups in total. The first-order chi connectivity index (χ1) is 8.99. The summed E-state index contributed by atoms with van der Waals surface area (Å²) in [6.45, 7) is 21.4. The Labute approximate surface area is 142 Å². The largest absolute Gasteiger partial charge is 0.389 e. The normalized spacial score (nSPS) is 12.0. The van der Waals surface area contributed by atoms with Crippen molar-refractivity contribution in [3.8, 4) is 0 Å². The average Bonchev–Trinajstić information content (AvgIpc) is 2.31. The third-order valence-electron chi connectivity index (χ3n) is 3.01. The molecule has 0 aliphatic heterocycles. The maximum atomic E-state index is 9.41. The summed E-state index contributed by atoms with van der Waals surface area (Å²) >= 11 is 0. The molecule has 0 rings (SSSR count). The molecule has 0 aliphatic rings. The van der Waals surface area contributed by atoms with Crippen molar-refractivity contribution in [1.82, 2.24) is 9.80 Å². The SMILES string of the molecule is CCN(CC)CC(C)(C)O.CCN(CC)CC(C)(C)O.[Ni]. The third-order valence-corrected chi connectivity index (χ3v) is 3.01. The van der Waals surface area contributed by atoms with Crippen LogP contribution >= 0.6 is 0 Å². The van der Waals surface area contributed by atoms with Crippen LogP contribution in [0.4, 0.5) is 0 Å². The Hall–Kier alpha value is 0.334. The van der Waals surface area contributed by atoms with E-state index in [4.69, 9.17) is 0 Å². The van der Waals surface area contributed by atoms with E-state index in [2.05, 4.69) is 37.5 Å². The average molecular weight is 349 g/mol. The second-order valence-corrected chi connectivity index (χ2v) is 6.55. The molecule has 0 bridgehead atoms. The number of hydrogen-bond donors (Lipinski definition) is 2. The van der Waals surface area contributed by atoms with Crippen molar-refractivity contribution in [2.75, 3.05) is 39.3 Å². The predicted octanol–water partition coefficient (Wildman–Crippen LogP) is 2.20. The van der Waals surface area contributed by atoms with Crippen molar-refractivity contribution in [2.24, 2.45) is 0 Å². The molecule has 0 amide bonds. The molecular formula is C16H38N2NiO2. The van der Waals surface area contributed by atoms with Gasteiger partial charge in [-0.25, -0.2) is 0 Å². The zero-order valence-electron chi connectivity index (χ0n) is 15.3. The molecule has 0 unspecified atom stereocenters. The summed E-state index contributed by atoms with van der Waals surface area (Å²) in [4.78, 5) is 4.42. The van der Waals surface area contributed by atoms with Crippen molar-refractivity contribution in [3.63, 3.8) is 0 Å². The van der Waals surface area contributed by atoms with E-state index in [1.807, 2.05) is 27.7 Å². The van der Waals surface area contributed by atoms with Crippen LogP contribution in [0.25, 0.3) is 0 Å². The number of aliphatic hydroxyl groups is 2. The summed E-state index contributed by atoms with van der Waals surface area (Å²) in [7, 11) is 0. The molecule has 0 saturated carbocycles. The summed E-state index contributed by atoms with van der Waals surface area (Å²) < 4.78 is 0. The van der Waals surface area contributed by atoms with Gasteiger partial charge in [0.05, 0.1) is 11.2 Å². The molecule has 21 heavy (non-hydrogen) atoms. The van der Waals surface area contributed by atoms with Gasteiger partial charge in [-0.1, -0.05) is 27.7 Å². The third kappa shape index (κ3) is 20.3. The van der Waals surface area contributed by atoms with Gasteiger partial charge >= 0.3 is 0 Å². The number of hydrogen-bond acceptors (Lipinski definition) is 4. The van der Waals surface area contributed by atoms with Gasteiger partial charge in [0.25, 0.3) is 0 Å². The van der Waals surface area contributed by atoms with E-state index in [0.29, 0.717) is 0 Å². The minimum absolute atomic E-state index is 0. The molecule has 0 atom stereocenters. The molecule has 0 saturated heterocycles. The predicted molar refractivity (Wildman–Crippen MR) is 88.2 cm³/mol. The molecule has 0 aromatic rings. The van der Waals surface area contributed by atoms with Crippen LogP contribution in [-0.4, -0.2) is 70.5 Å². The van der Waals surface area contributed by atoms with Crippen molar-refractivity contribution in [2.45, 2.75) is 66.6 Å². The summed E-state index contributed by atoms with van der Waals surface area (Å²) in [5.41, 5.74) is -1.10. The fourth-order valence-electron chi connectivity index (χ4n) is 1.99. The van der Waals surface area contributed by atoms with Crippen LogP contribution in [-0.2, 0) is 16.5 Å².